The predicted octanol–water partition coefficient (Wildman–Crippen LogP) is 5.27. The van der Waals surface area contributed by atoms with Crippen LogP contribution in [-0.4, -0.2) is 52.8 Å². The summed E-state index contributed by atoms with van der Waals surface area (Å²) in [5.74, 6) is -0.496. The van der Waals surface area contributed by atoms with Gasteiger partial charge in [-0.3, -0.25) is 9.59 Å². The van der Waals surface area contributed by atoms with Crippen molar-refractivity contribution in [3.63, 3.8) is 0 Å². The van der Waals surface area contributed by atoms with Gasteiger partial charge in [-0.05, 0) is 57.2 Å². The van der Waals surface area contributed by atoms with Gasteiger partial charge in [-0.1, -0.05) is 63.5 Å². The van der Waals surface area contributed by atoms with Gasteiger partial charge in [0, 0.05) is 18.3 Å². The Morgan fingerprint density at radius 1 is 1.22 bits per heavy atom. The van der Waals surface area contributed by atoms with Crippen LogP contribution in [0, 0.1) is 0 Å². The lowest BCUT2D eigenvalue weighted by Crippen LogP contribution is -2.54. The van der Waals surface area contributed by atoms with Gasteiger partial charge in [0.25, 0.3) is 0 Å². The standard InChI is InChI=1S/C28H43N3O4S/c1-6-8-17-31(26(33)23(19-36)30-27(34)35-28(3,4)5)24(21-14-12-13-20(7-2)18-21)25(32)29-22-15-10-9-11-16-22/h7,12-14,18,22-24,36H,2,6,8-11,15-17,19H2,1,3-5H3,(H,29,32)(H,30,34). The number of carbonyl (C=O) groups excluding carboxylic acids is 3. The van der Waals surface area contributed by atoms with Crippen molar-refractivity contribution >= 4 is 36.6 Å². The molecule has 0 aromatic heterocycles. The van der Waals surface area contributed by atoms with Crippen molar-refractivity contribution in [3.8, 4) is 0 Å². The average Bonchev–Trinajstić information content (AvgIpc) is 2.84. The van der Waals surface area contributed by atoms with Crippen LogP contribution in [0.15, 0.2) is 30.8 Å². The number of unbranched alkanes of at least 4 members (excludes halogenated alkanes) is 1. The highest BCUT2D eigenvalue weighted by Gasteiger charge is 2.36. The van der Waals surface area contributed by atoms with Crippen LogP contribution < -0.4 is 10.6 Å². The molecule has 2 rings (SSSR count). The molecule has 0 heterocycles. The van der Waals surface area contributed by atoms with Crippen molar-refractivity contribution in [2.45, 2.75) is 96.4 Å². The number of nitrogens with one attached hydrogen (secondary N) is 2. The second-order valence-electron chi connectivity index (χ2n) is 10.4. The summed E-state index contributed by atoms with van der Waals surface area (Å²) in [6.07, 6.45) is 7.81. The smallest absolute Gasteiger partial charge is 0.408 e. The molecule has 1 aromatic carbocycles. The van der Waals surface area contributed by atoms with Crippen LogP contribution in [0.25, 0.3) is 6.08 Å². The van der Waals surface area contributed by atoms with Crippen molar-refractivity contribution in [1.29, 1.82) is 0 Å². The highest BCUT2D eigenvalue weighted by atomic mass is 32.1. The predicted molar refractivity (Wildman–Crippen MR) is 148 cm³/mol. The Labute approximate surface area is 221 Å². The van der Waals surface area contributed by atoms with Crippen molar-refractivity contribution in [2.75, 3.05) is 12.3 Å². The van der Waals surface area contributed by atoms with Crippen LogP contribution in [0.5, 0.6) is 0 Å². The van der Waals surface area contributed by atoms with Gasteiger partial charge in [-0.2, -0.15) is 12.6 Å². The summed E-state index contributed by atoms with van der Waals surface area (Å²) in [6, 6.07) is 5.85. The lowest BCUT2D eigenvalue weighted by atomic mass is 9.94. The molecule has 1 saturated carbocycles. The summed E-state index contributed by atoms with van der Waals surface area (Å²) in [6.45, 7) is 11.5. The summed E-state index contributed by atoms with van der Waals surface area (Å²) in [5.41, 5.74) is 0.868. The summed E-state index contributed by atoms with van der Waals surface area (Å²) < 4.78 is 5.36. The Morgan fingerprint density at radius 3 is 2.50 bits per heavy atom. The molecule has 0 saturated heterocycles. The van der Waals surface area contributed by atoms with Crippen molar-refractivity contribution in [1.82, 2.24) is 15.5 Å². The van der Waals surface area contributed by atoms with Crippen molar-refractivity contribution in [2.24, 2.45) is 0 Å². The minimum Gasteiger partial charge on any atom is -0.444 e. The average molecular weight is 518 g/mol. The molecule has 1 aliphatic rings. The van der Waals surface area contributed by atoms with Gasteiger partial charge in [-0.15, -0.1) is 0 Å². The van der Waals surface area contributed by atoms with Gasteiger partial charge in [0.1, 0.15) is 17.7 Å². The number of benzene rings is 1. The largest absolute Gasteiger partial charge is 0.444 e. The van der Waals surface area contributed by atoms with E-state index in [9.17, 15) is 14.4 Å². The second kappa shape index (κ2) is 14.3. The van der Waals surface area contributed by atoms with Crippen molar-refractivity contribution in [3.05, 3.63) is 42.0 Å². The van der Waals surface area contributed by atoms with Crippen LogP contribution in [0.2, 0.25) is 0 Å². The lowest BCUT2D eigenvalue weighted by molar-refractivity contribution is -0.142. The number of nitrogens with zero attached hydrogens (tertiary/aromatic N) is 1. The van der Waals surface area contributed by atoms with Crippen molar-refractivity contribution < 1.29 is 19.1 Å². The number of rotatable bonds is 11. The first kappa shape index (κ1) is 29.7. The topological polar surface area (TPSA) is 87.7 Å². The highest BCUT2D eigenvalue weighted by Crippen LogP contribution is 2.26. The fraction of sp³-hybridized carbons (Fsp3) is 0.607. The third-order valence-electron chi connectivity index (χ3n) is 6.18. The zero-order chi connectivity index (χ0) is 26.7. The monoisotopic (exact) mass is 517 g/mol. The van der Waals surface area contributed by atoms with Gasteiger partial charge in [0.2, 0.25) is 11.8 Å². The SMILES string of the molecule is C=Cc1cccc(C(C(=O)NC2CCCCC2)N(CCCC)C(=O)C(CS)NC(=O)OC(C)(C)C)c1. The first-order valence-electron chi connectivity index (χ1n) is 13.0. The molecule has 1 fully saturated rings. The highest BCUT2D eigenvalue weighted by molar-refractivity contribution is 7.80. The zero-order valence-electron chi connectivity index (χ0n) is 22.2. The first-order valence-corrected chi connectivity index (χ1v) is 13.7. The van der Waals surface area contributed by atoms with Crippen LogP contribution in [-0.2, 0) is 14.3 Å². The molecule has 0 bridgehead atoms. The molecule has 2 atom stereocenters. The Balaban J connectivity index is 2.41. The fourth-order valence-electron chi connectivity index (χ4n) is 4.39. The lowest BCUT2D eigenvalue weighted by Gasteiger charge is -2.35. The second-order valence-corrected chi connectivity index (χ2v) is 10.8. The number of hydrogen-bond acceptors (Lipinski definition) is 5. The summed E-state index contributed by atoms with van der Waals surface area (Å²) in [5, 5.41) is 5.86. The van der Waals surface area contributed by atoms with Gasteiger partial charge >= 0.3 is 6.09 Å². The molecule has 36 heavy (non-hydrogen) atoms. The van der Waals surface area contributed by atoms with Crippen LogP contribution in [0.3, 0.4) is 0 Å². The summed E-state index contributed by atoms with van der Waals surface area (Å²) >= 11 is 4.34. The normalized spacial score (nSPS) is 15.9. The molecule has 8 heteroatoms. The zero-order valence-corrected chi connectivity index (χ0v) is 23.1. The van der Waals surface area contributed by atoms with E-state index < -0.39 is 23.8 Å². The molecule has 3 amide bonds. The van der Waals surface area contributed by atoms with E-state index in [1.807, 2.05) is 31.2 Å². The molecule has 2 N–H and O–H groups in total. The van der Waals surface area contributed by atoms with Crippen LogP contribution in [0.4, 0.5) is 4.79 Å². The number of thiol groups is 1. The molecule has 0 aliphatic heterocycles. The summed E-state index contributed by atoms with van der Waals surface area (Å²) in [7, 11) is 0. The van der Waals surface area contributed by atoms with E-state index >= 15 is 0 Å². The van der Waals surface area contributed by atoms with Crippen LogP contribution >= 0.6 is 12.6 Å². The third kappa shape index (κ3) is 9.19. The Bertz CT molecular complexity index is 893. The third-order valence-corrected chi connectivity index (χ3v) is 6.55. The first-order chi connectivity index (χ1) is 17.1. The molecule has 1 aromatic rings. The van der Waals surface area contributed by atoms with E-state index in [0.717, 1.165) is 37.7 Å². The maximum atomic E-state index is 13.9. The molecular weight excluding hydrogens is 474 g/mol. The Morgan fingerprint density at radius 2 is 1.92 bits per heavy atom. The molecule has 0 radical (unpaired) electrons. The van der Waals surface area contributed by atoms with E-state index in [2.05, 4.69) is 29.8 Å². The minimum absolute atomic E-state index is 0.0738. The number of carbonyl (C=O) groups is 3. The van der Waals surface area contributed by atoms with Gasteiger partial charge in [0.15, 0.2) is 0 Å². The van der Waals surface area contributed by atoms with E-state index in [-0.39, 0.29) is 23.6 Å². The number of ether oxygens (including phenoxy) is 1. The van der Waals surface area contributed by atoms with Gasteiger partial charge in [0.05, 0.1) is 0 Å². The molecular formula is C28H43N3O4S. The fourth-order valence-corrected chi connectivity index (χ4v) is 4.63. The number of amides is 3. The van der Waals surface area contributed by atoms with Crippen LogP contribution in [0.1, 0.15) is 89.8 Å². The van der Waals surface area contributed by atoms with E-state index in [1.54, 1.807) is 31.7 Å². The maximum absolute atomic E-state index is 13.9. The van der Waals surface area contributed by atoms with E-state index in [1.165, 1.54) is 6.42 Å². The molecule has 0 spiro atoms. The molecule has 2 unspecified atom stereocenters. The number of hydrogen-bond donors (Lipinski definition) is 3. The minimum atomic E-state index is -0.937. The summed E-state index contributed by atoms with van der Waals surface area (Å²) in [4.78, 5) is 41.7. The van der Waals surface area contributed by atoms with E-state index in [4.69, 9.17) is 4.74 Å². The Hall–Kier alpha value is -2.48. The maximum Gasteiger partial charge on any atom is 0.408 e. The number of alkyl carbamates (subject to hydrolysis) is 1. The molecule has 7 nitrogen and oxygen atoms in total. The molecule has 1 aliphatic carbocycles. The van der Waals surface area contributed by atoms with Gasteiger partial charge < -0.3 is 20.3 Å². The quantitative estimate of drug-likeness (QED) is 0.349. The Kier molecular flexibility index (Phi) is 11.8. The van der Waals surface area contributed by atoms with E-state index in [0.29, 0.717) is 18.5 Å². The molecule has 200 valence electrons. The van der Waals surface area contributed by atoms with Gasteiger partial charge in [-0.25, -0.2) is 4.79 Å².